The molecule has 2 N–H and O–H groups in total. The molecule has 1 aliphatic rings. The minimum Gasteiger partial charge on any atom is -0.355 e. The number of aliphatic imine (C=N–C) groups is 1. The topological polar surface area (TPSA) is 42.9 Å². The molecule has 1 rings (SSSR count). The van der Waals surface area contributed by atoms with Crippen molar-refractivity contribution in [2.24, 2.45) is 4.99 Å². The molecule has 0 spiro atoms. The van der Waals surface area contributed by atoms with Crippen LogP contribution in [-0.2, 0) is 0 Å². The first-order valence-electron chi connectivity index (χ1n) is 9.07. The number of nitrogens with zero attached hydrogens (tertiary/aromatic N) is 3. The van der Waals surface area contributed by atoms with Crippen molar-refractivity contribution in [3.8, 4) is 0 Å². The van der Waals surface area contributed by atoms with E-state index in [1.807, 2.05) is 7.05 Å². The molecule has 6 heteroatoms. The lowest BCUT2D eigenvalue weighted by Gasteiger charge is -2.32. The van der Waals surface area contributed by atoms with Crippen LogP contribution in [0.1, 0.15) is 46.0 Å². The Kier molecular flexibility index (Phi) is 14.2. The Labute approximate surface area is 160 Å². The van der Waals surface area contributed by atoms with Crippen molar-refractivity contribution >= 4 is 29.9 Å². The predicted molar refractivity (Wildman–Crippen MR) is 112 cm³/mol. The van der Waals surface area contributed by atoms with Crippen molar-refractivity contribution in [1.29, 1.82) is 0 Å². The maximum Gasteiger partial charge on any atom is 0.191 e. The fraction of sp³-hybridized carbons (Fsp3) is 0.941. The zero-order chi connectivity index (χ0) is 16.2. The predicted octanol–water partition coefficient (Wildman–Crippen LogP) is 2.38. The Balaban J connectivity index is 0.00000484. The minimum absolute atomic E-state index is 0. The molecule has 5 nitrogen and oxygen atoms in total. The molecule has 0 bridgehead atoms. The lowest BCUT2D eigenvalue weighted by molar-refractivity contribution is 0.206. The van der Waals surface area contributed by atoms with Gasteiger partial charge in [-0.3, -0.25) is 4.99 Å². The average molecular weight is 439 g/mol. The number of piperidine rings is 1. The number of likely N-dealkylation sites (N-methyl/N-ethyl adjacent to an activating group) is 1. The molecule has 1 fully saturated rings. The molecule has 0 aromatic carbocycles. The number of halogens is 1. The van der Waals surface area contributed by atoms with E-state index < -0.39 is 0 Å². The number of guanidine groups is 1. The Bertz CT molecular complexity index is 303. The molecule has 0 aromatic rings. The molecule has 1 aliphatic heterocycles. The summed E-state index contributed by atoms with van der Waals surface area (Å²) in [5.41, 5.74) is 0. The summed E-state index contributed by atoms with van der Waals surface area (Å²) in [7, 11) is 4.05. The fourth-order valence-corrected chi connectivity index (χ4v) is 2.91. The summed E-state index contributed by atoms with van der Waals surface area (Å²) >= 11 is 0. The van der Waals surface area contributed by atoms with Crippen LogP contribution in [0.4, 0.5) is 0 Å². The van der Waals surface area contributed by atoms with Gasteiger partial charge < -0.3 is 20.4 Å². The van der Waals surface area contributed by atoms with E-state index in [1.165, 1.54) is 58.3 Å². The van der Waals surface area contributed by atoms with Gasteiger partial charge in [0.2, 0.25) is 0 Å². The van der Waals surface area contributed by atoms with E-state index in [2.05, 4.69) is 46.3 Å². The van der Waals surface area contributed by atoms with Gasteiger partial charge in [0.05, 0.1) is 0 Å². The van der Waals surface area contributed by atoms with E-state index in [0.717, 1.165) is 19.0 Å². The van der Waals surface area contributed by atoms with Crippen LogP contribution in [0.2, 0.25) is 0 Å². The van der Waals surface area contributed by atoms with Gasteiger partial charge in [-0.05, 0) is 45.8 Å². The molecule has 0 unspecified atom stereocenters. The molecule has 138 valence electrons. The normalized spacial score (nSPS) is 17.2. The van der Waals surface area contributed by atoms with Crippen LogP contribution in [0.5, 0.6) is 0 Å². The zero-order valence-electron chi connectivity index (χ0n) is 15.6. The van der Waals surface area contributed by atoms with Crippen molar-refractivity contribution in [1.82, 2.24) is 20.4 Å². The highest BCUT2D eigenvalue weighted by Crippen LogP contribution is 2.10. The van der Waals surface area contributed by atoms with Crippen molar-refractivity contribution < 1.29 is 0 Å². The zero-order valence-corrected chi connectivity index (χ0v) is 17.9. The second kappa shape index (κ2) is 14.3. The molecule has 0 atom stereocenters. The van der Waals surface area contributed by atoms with Gasteiger partial charge >= 0.3 is 0 Å². The first-order chi connectivity index (χ1) is 10.7. The molecule has 0 aliphatic carbocycles. The average Bonchev–Trinajstić information content (AvgIpc) is 2.54. The Morgan fingerprint density at radius 2 is 1.87 bits per heavy atom. The number of likely N-dealkylation sites (tertiary alicyclic amines) is 1. The van der Waals surface area contributed by atoms with Crippen molar-refractivity contribution in [2.45, 2.75) is 52.0 Å². The first-order valence-corrected chi connectivity index (χ1v) is 9.07. The van der Waals surface area contributed by atoms with E-state index in [4.69, 9.17) is 0 Å². The van der Waals surface area contributed by atoms with E-state index in [9.17, 15) is 0 Å². The van der Waals surface area contributed by atoms with Crippen LogP contribution in [0, 0.1) is 0 Å². The third kappa shape index (κ3) is 10.4. The molecule has 0 radical (unpaired) electrons. The molecule has 0 amide bonds. The number of rotatable bonds is 9. The van der Waals surface area contributed by atoms with Crippen LogP contribution in [0.3, 0.4) is 0 Å². The molecular formula is C17H38IN5. The van der Waals surface area contributed by atoms with E-state index in [-0.39, 0.29) is 24.0 Å². The summed E-state index contributed by atoms with van der Waals surface area (Å²) in [6.07, 6.45) is 6.23. The molecule has 0 aromatic heterocycles. The van der Waals surface area contributed by atoms with Gasteiger partial charge in [-0.1, -0.05) is 20.3 Å². The van der Waals surface area contributed by atoms with E-state index in [1.54, 1.807) is 0 Å². The van der Waals surface area contributed by atoms with Gasteiger partial charge in [0.25, 0.3) is 0 Å². The second-order valence-corrected chi connectivity index (χ2v) is 6.42. The van der Waals surface area contributed by atoms with Crippen molar-refractivity contribution in [2.75, 3.05) is 53.4 Å². The van der Waals surface area contributed by atoms with Gasteiger partial charge in [0.15, 0.2) is 5.96 Å². The SMILES string of the molecule is CCCCN(C)CCNC(=NC)NC1CCN(CCC)CC1.I. The van der Waals surface area contributed by atoms with Gasteiger partial charge in [-0.2, -0.15) is 0 Å². The van der Waals surface area contributed by atoms with Crippen molar-refractivity contribution in [3.05, 3.63) is 0 Å². The summed E-state index contributed by atoms with van der Waals surface area (Å²) in [4.78, 5) is 9.31. The van der Waals surface area contributed by atoms with Gasteiger partial charge in [0, 0.05) is 39.3 Å². The molecule has 1 saturated heterocycles. The van der Waals surface area contributed by atoms with Crippen LogP contribution >= 0.6 is 24.0 Å². The fourth-order valence-electron chi connectivity index (χ4n) is 2.91. The van der Waals surface area contributed by atoms with Crippen LogP contribution < -0.4 is 10.6 Å². The van der Waals surface area contributed by atoms with Gasteiger partial charge in [-0.15, -0.1) is 24.0 Å². The van der Waals surface area contributed by atoms with Crippen molar-refractivity contribution in [3.63, 3.8) is 0 Å². The van der Waals surface area contributed by atoms with Crippen LogP contribution in [0.25, 0.3) is 0 Å². The third-order valence-electron chi connectivity index (χ3n) is 4.37. The maximum atomic E-state index is 4.36. The van der Waals surface area contributed by atoms with Gasteiger partial charge in [0.1, 0.15) is 0 Å². The molecular weight excluding hydrogens is 401 g/mol. The lowest BCUT2D eigenvalue weighted by Crippen LogP contribution is -2.49. The van der Waals surface area contributed by atoms with Crippen LogP contribution in [0.15, 0.2) is 4.99 Å². The quantitative estimate of drug-likeness (QED) is 0.329. The summed E-state index contributed by atoms with van der Waals surface area (Å²) in [6, 6.07) is 0.567. The van der Waals surface area contributed by atoms with E-state index >= 15 is 0 Å². The van der Waals surface area contributed by atoms with Gasteiger partial charge in [-0.25, -0.2) is 0 Å². The summed E-state index contributed by atoms with van der Waals surface area (Å²) in [5, 5.41) is 7.02. The molecule has 0 saturated carbocycles. The highest BCUT2D eigenvalue weighted by atomic mass is 127. The highest BCUT2D eigenvalue weighted by molar-refractivity contribution is 14.0. The third-order valence-corrected chi connectivity index (χ3v) is 4.37. The standard InChI is InChI=1S/C17H37N5.HI/c1-5-7-12-21(4)15-10-19-17(18-3)20-16-8-13-22(11-6-2)14-9-16;/h16H,5-15H2,1-4H3,(H2,18,19,20);1H. The number of nitrogens with one attached hydrogen (secondary N) is 2. The Morgan fingerprint density at radius 3 is 2.43 bits per heavy atom. The summed E-state index contributed by atoms with van der Waals surface area (Å²) < 4.78 is 0. The smallest absolute Gasteiger partial charge is 0.191 e. The largest absolute Gasteiger partial charge is 0.355 e. The lowest BCUT2D eigenvalue weighted by atomic mass is 10.1. The summed E-state index contributed by atoms with van der Waals surface area (Å²) in [6.45, 7) is 11.4. The number of hydrogen-bond donors (Lipinski definition) is 2. The molecule has 23 heavy (non-hydrogen) atoms. The monoisotopic (exact) mass is 439 g/mol. The minimum atomic E-state index is 0. The second-order valence-electron chi connectivity index (χ2n) is 6.42. The number of hydrogen-bond acceptors (Lipinski definition) is 3. The number of unbranched alkanes of at least 4 members (excludes halogenated alkanes) is 1. The Hall–Kier alpha value is -0.0800. The summed E-state index contributed by atoms with van der Waals surface area (Å²) in [5.74, 6) is 0.956. The first kappa shape index (κ1) is 22.9. The van der Waals surface area contributed by atoms with Crippen LogP contribution in [-0.4, -0.2) is 75.2 Å². The highest BCUT2D eigenvalue weighted by Gasteiger charge is 2.19. The molecule has 1 heterocycles. The van der Waals surface area contributed by atoms with E-state index in [0.29, 0.717) is 6.04 Å². The Morgan fingerprint density at radius 1 is 1.17 bits per heavy atom. The maximum absolute atomic E-state index is 4.36.